The lowest BCUT2D eigenvalue weighted by Crippen LogP contribution is -2.36. The van der Waals surface area contributed by atoms with Gasteiger partial charge >= 0.3 is 5.97 Å². The summed E-state index contributed by atoms with van der Waals surface area (Å²) in [6.45, 7) is 4.22. The Morgan fingerprint density at radius 2 is 1.74 bits per heavy atom. The summed E-state index contributed by atoms with van der Waals surface area (Å²) in [7, 11) is 4.55. The number of dihydropyridines is 1. The van der Waals surface area contributed by atoms with Crippen molar-refractivity contribution in [2.45, 2.75) is 38.5 Å². The predicted octanol–water partition coefficient (Wildman–Crippen LogP) is 4.64. The van der Waals surface area contributed by atoms with Crippen LogP contribution in [0.2, 0.25) is 0 Å². The van der Waals surface area contributed by atoms with Gasteiger partial charge in [0.1, 0.15) is 5.75 Å². The van der Waals surface area contributed by atoms with Gasteiger partial charge in [-0.25, -0.2) is 4.79 Å². The highest BCUT2D eigenvalue weighted by atomic mass is 16.5. The van der Waals surface area contributed by atoms with Crippen molar-refractivity contribution in [1.29, 1.82) is 0 Å². The molecule has 0 aromatic heterocycles. The Hall–Kier alpha value is -3.74. The Kier molecular flexibility index (Phi) is 7.15. The number of nitrogens with one attached hydrogen (secondary N) is 1. The van der Waals surface area contributed by atoms with Crippen molar-refractivity contribution in [2.75, 3.05) is 27.9 Å². The summed E-state index contributed by atoms with van der Waals surface area (Å²) in [5.41, 5.74) is 4.29. The quantitative estimate of drug-likeness (QED) is 0.582. The summed E-state index contributed by atoms with van der Waals surface area (Å²) in [6, 6.07) is 13.3. The molecule has 0 saturated carbocycles. The molecule has 0 amide bonds. The van der Waals surface area contributed by atoms with Crippen LogP contribution in [0.1, 0.15) is 49.7 Å². The minimum atomic E-state index is -0.569. The largest absolute Gasteiger partial charge is 0.494 e. The molecule has 0 unspecified atom stereocenters. The Bertz CT molecular complexity index is 1210. The van der Waals surface area contributed by atoms with Crippen LogP contribution in [0, 0.1) is 0 Å². The molecule has 7 nitrogen and oxygen atoms in total. The molecule has 1 aliphatic heterocycles. The summed E-state index contributed by atoms with van der Waals surface area (Å²) in [4.78, 5) is 26.6. The second-order valence-corrected chi connectivity index (χ2v) is 8.59. The molecule has 2 atom stereocenters. The van der Waals surface area contributed by atoms with E-state index >= 15 is 0 Å². The van der Waals surface area contributed by atoms with Gasteiger partial charge in [0.05, 0.1) is 39.4 Å². The van der Waals surface area contributed by atoms with Gasteiger partial charge in [0.25, 0.3) is 0 Å². The third-order valence-electron chi connectivity index (χ3n) is 6.64. The zero-order valence-electron chi connectivity index (χ0n) is 20.8. The molecule has 2 aliphatic rings. The molecule has 1 N–H and O–H groups in total. The van der Waals surface area contributed by atoms with E-state index in [2.05, 4.69) is 5.32 Å². The van der Waals surface area contributed by atoms with Gasteiger partial charge in [-0.05, 0) is 49.9 Å². The number of esters is 1. The molecule has 7 heteroatoms. The first kappa shape index (κ1) is 24.4. The Morgan fingerprint density at radius 1 is 1.00 bits per heavy atom. The summed E-state index contributed by atoms with van der Waals surface area (Å²) in [5, 5.41) is 3.36. The number of carbonyl (C=O) groups is 2. The SMILES string of the molecule is CCOc1ccccc1[C@@H]1C(C(=O)OC)=C(C)NC2=C1C(=O)C[C@@H](c1ccc(OC)c(OC)c1)C2. The number of rotatable bonds is 7. The lowest BCUT2D eigenvalue weighted by Gasteiger charge is -2.37. The molecule has 0 bridgehead atoms. The maximum absolute atomic E-state index is 13.7. The van der Waals surface area contributed by atoms with Crippen LogP contribution in [0.25, 0.3) is 0 Å². The van der Waals surface area contributed by atoms with Gasteiger partial charge in [0, 0.05) is 29.0 Å². The lowest BCUT2D eigenvalue weighted by molar-refractivity contribution is -0.136. The zero-order valence-corrected chi connectivity index (χ0v) is 20.8. The fourth-order valence-electron chi connectivity index (χ4n) is 5.08. The number of hydrogen-bond acceptors (Lipinski definition) is 7. The van der Waals surface area contributed by atoms with Gasteiger partial charge in [0.15, 0.2) is 17.3 Å². The summed E-state index contributed by atoms with van der Waals surface area (Å²) < 4.78 is 21.8. The second-order valence-electron chi connectivity index (χ2n) is 8.59. The highest BCUT2D eigenvalue weighted by Crippen LogP contribution is 2.48. The fourth-order valence-corrected chi connectivity index (χ4v) is 5.08. The van der Waals surface area contributed by atoms with Crippen LogP contribution in [0.4, 0.5) is 0 Å². The van der Waals surface area contributed by atoms with Crippen LogP contribution >= 0.6 is 0 Å². The molecule has 4 rings (SSSR count). The Labute approximate surface area is 205 Å². The number of para-hydroxylation sites is 1. The minimum Gasteiger partial charge on any atom is -0.494 e. The van der Waals surface area contributed by atoms with Crippen LogP contribution in [0.5, 0.6) is 17.2 Å². The molecule has 184 valence electrons. The smallest absolute Gasteiger partial charge is 0.336 e. The molecule has 0 fully saturated rings. The number of Topliss-reactive ketones (excluding diaryl/α,β-unsaturated/α-hetero) is 1. The van der Waals surface area contributed by atoms with E-state index in [0.717, 1.165) is 16.8 Å². The van der Waals surface area contributed by atoms with Gasteiger partial charge in [-0.1, -0.05) is 24.3 Å². The Morgan fingerprint density at radius 3 is 2.43 bits per heavy atom. The van der Waals surface area contributed by atoms with E-state index in [1.54, 1.807) is 14.2 Å². The molecule has 0 radical (unpaired) electrons. The van der Waals surface area contributed by atoms with E-state index in [4.69, 9.17) is 18.9 Å². The highest BCUT2D eigenvalue weighted by Gasteiger charge is 2.42. The zero-order chi connectivity index (χ0) is 25.1. The number of methoxy groups -OCH3 is 3. The topological polar surface area (TPSA) is 83.1 Å². The van der Waals surface area contributed by atoms with Gasteiger partial charge in [-0.2, -0.15) is 0 Å². The van der Waals surface area contributed by atoms with Gasteiger partial charge in [0.2, 0.25) is 0 Å². The summed E-state index contributed by atoms with van der Waals surface area (Å²) in [6.07, 6.45) is 0.937. The molecule has 2 aromatic rings. The molecular weight excluding hydrogens is 446 g/mol. The van der Waals surface area contributed by atoms with Gasteiger partial charge in [-0.15, -0.1) is 0 Å². The first-order valence-electron chi connectivity index (χ1n) is 11.7. The van der Waals surface area contributed by atoms with Gasteiger partial charge in [-0.3, -0.25) is 4.79 Å². The summed E-state index contributed by atoms with van der Waals surface area (Å²) in [5.74, 6) is 0.836. The van der Waals surface area contributed by atoms with Crippen molar-refractivity contribution in [3.05, 3.63) is 76.1 Å². The maximum Gasteiger partial charge on any atom is 0.336 e. The number of carbonyl (C=O) groups excluding carboxylic acids is 2. The average molecular weight is 478 g/mol. The molecule has 0 saturated heterocycles. The van der Waals surface area contributed by atoms with E-state index in [1.165, 1.54) is 7.11 Å². The van der Waals surface area contributed by atoms with Crippen LogP contribution in [0.3, 0.4) is 0 Å². The van der Waals surface area contributed by atoms with E-state index < -0.39 is 11.9 Å². The highest BCUT2D eigenvalue weighted by molar-refractivity contribution is 6.04. The third kappa shape index (κ3) is 4.50. The first-order valence-corrected chi connectivity index (χ1v) is 11.7. The molecular formula is C28H31NO6. The second kappa shape index (κ2) is 10.3. The summed E-state index contributed by atoms with van der Waals surface area (Å²) >= 11 is 0. The van der Waals surface area contributed by atoms with E-state index in [-0.39, 0.29) is 11.7 Å². The normalized spacial score (nSPS) is 19.6. The van der Waals surface area contributed by atoms with Crippen molar-refractivity contribution >= 4 is 11.8 Å². The van der Waals surface area contributed by atoms with E-state index in [0.29, 0.717) is 53.5 Å². The number of ketones is 1. The van der Waals surface area contributed by atoms with Crippen molar-refractivity contribution in [3.63, 3.8) is 0 Å². The standard InChI is InChI=1S/C28H31NO6/c1-6-35-22-10-8-7-9-19(22)26-25(28(31)34-5)16(2)29-20-13-18(14-21(30)27(20)26)17-11-12-23(32-3)24(15-17)33-4/h7-12,15,18,26,29H,6,13-14H2,1-5H3/t18-,26+/m0/s1. The molecule has 1 aliphatic carbocycles. The lowest BCUT2D eigenvalue weighted by atomic mass is 9.71. The minimum absolute atomic E-state index is 0.0104. The van der Waals surface area contributed by atoms with Crippen molar-refractivity contribution in [1.82, 2.24) is 5.32 Å². The molecule has 0 spiro atoms. The monoisotopic (exact) mass is 477 g/mol. The number of hydrogen-bond donors (Lipinski definition) is 1. The average Bonchev–Trinajstić information content (AvgIpc) is 2.87. The molecule has 2 aromatic carbocycles. The molecule has 35 heavy (non-hydrogen) atoms. The van der Waals surface area contributed by atoms with E-state index in [1.807, 2.05) is 56.3 Å². The van der Waals surface area contributed by atoms with Gasteiger partial charge < -0.3 is 24.3 Å². The molecule has 1 heterocycles. The van der Waals surface area contributed by atoms with Crippen LogP contribution in [-0.4, -0.2) is 39.7 Å². The van der Waals surface area contributed by atoms with Crippen LogP contribution < -0.4 is 19.5 Å². The Balaban J connectivity index is 1.81. The number of ether oxygens (including phenoxy) is 4. The van der Waals surface area contributed by atoms with Crippen molar-refractivity contribution in [2.24, 2.45) is 0 Å². The number of allylic oxidation sites excluding steroid dienone is 3. The number of benzene rings is 2. The first-order chi connectivity index (χ1) is 16.9. The maximum atomic E-state index is 13.7. The van der Waals surface area contributed by atoms with E-state index in [9.17, 15) is 9.59 Å². The van der Waals surface area contributed by atoms with Crippen molar-refractivity contribution in [3.8, 4) is 17.2 Å². The van der Waals surface area contributed by atoms with Crippen LogP contribution in [0.15, 0.2) is 65.0 Å². The van der Waals surface area contributed by atoms with Crippen molar-refractivity contribution < 1.29 is 28.5 Å². The fraction of sp³-hybridized carbons (Fsp3) is 0.357. The predicted molar refractivity (Wildman–Crippen MR) is 132 cm³/mol. The third-order valence-corrected chi connectivity index (χ3v) is 6.64. The van der Waals surface area contributed by atoms with Crippen LogP contribution in [-0.2, 0) is 14.3 Å².